The lowest BCUT2D eigenvalue weighted by molar-refractivity contribution is -0.134. The summed E-state index contributed by atoms with van der Waals surface area (Å²) in [5.41, 5.74) is 1.63. The maximum absolute atomic E-state index is 14.4. The van der Waals surface area contributed by atoms with Gasteiger partial charge in [-0.15, -0.1) is 11.3 Å². The molecule has 10 heteroatoms. The van der Waals surface area contributed by atoms with E-state index in [1.807, 2.05) is 30.5 Å². The number of benzene rings is 2. The minimum absolute atomic E-state index is 0.168. The summed E-state index contributed by atoms with van der Waals surface area (Å²) >= 11 is 1.56. The Labute approximate surface area is 198 Å². The van der Waals surface area contributed by atoms with Gasteiger partial charge >= 0.3 is 6.03 Å². The van der Waals surface area contributed by atoms with Gasteiger partial charge in [-0.05, 0) is 44.0 Å². The molecular weight excluding hydrogens is 462 g/mol. The fraction of sp³-hybridized carbons (Fsp3) is 0.250. The van der Waals surface area contributed by atoms with E-state index >= 15 is 0 Å². The van der Waals surface area contributed by atoms with Crippen LogP contribution in [-0.4, -0.2) is 40.8 Å². The van der Waals surface area contributed by atoms with Crippen molar-refractivity contribution in [3.05, 3.63) is 69.5 Å². The standard InChI is InChI=1S/C24H20F2N4O3S/c1-13-27-19(12-34-13)14-3-6-20-15(9-14)7-8-29(20)21(31)11-30-22(32)24(2,28-23(30)33)17-5-4-16(25)10-18(17)26/h3-6,9-10,12H,7-8,11H2,1-2H3,(H,28,33). The maximum Gasteiger partial charge on any atom is 0.325 e. The number of imide groups is 1. The molecule has 0 bridgehead atoms. The fourth-order valence-corrected chi connectivity index (χ4v) is 5.08. The van der Waals surface area contributed by atoms with Gasteiger partial charge in [0.25, 0.3) is 5.91 Å². The number of aryl methyl sites for hydroxylation is 1. The minimum Gasteiger partial charge on any atom is -0.319 e. The highest BCUT2D eigenvalue weighted by Crippen LogP contribution is 2.34. The van der Waals surface area contributed by atoms with Crippen molar-refractivity contribution in [3.8, 4) is 11.3 Å². The van der Waals surface area contributed by atoms with E-state index < -0.39 is 41.6 Å². The minimum atomic E-state index is -1.74. The number of hydrogen-bond donors (Lipinski definition) is 1. The van der Waals surface area contributed by atoms with E-state index in [0.29, 0.717) is 19.0 Å². The number of carbonyl (C=O) groups is 3. The second-order valence-corrected chi connectivity index (χ2v) is 9.52. The Hall–Kier alpha value is -3.66. The molecule has 1 atom stereocenters. The predicted molar refractivity (Wildman–Crippen MR) is 122 cm³/mol. The molecule has 1 saturated heterocycles. The van der Waals surface area contributed by atoms with Gasteiger partial charge in [0.05, 0.1) is 10.7 Å². The third kappa shape index (κ3) is 3.54. The van der Waals surface area contributed by atoms with Crippen molar-refractivity contribution in [2.75, 3.05) is 18.0 Å². The number of amides is 4. The van der Waals surface area contributed by atoms with E-state index in [1.54, 1.807) is 16.2 Å². The third-order valence-corrected chi connectivity index (χ3v) is 7.00. The van der Waals surface area contributed by atoms with Crippen molar-refractivity contribution in [1.29, 1.82) is 0 Å². The number of thiazole rings is 1. The molecule has 5 rings (SSSR count). The number of nitrogens with zero attached hydrogens (tertiary/aromatic N) is 3. The molecule has 2 aliphatic rings. The molecule has 2 aliphatic heterocycles. The summed E-state index contributed by atoms with van der Waals surface area (Å²) in [7, 11) is 0. The first kappa shape index (κ1) is 22.1. The zero-order valence-electron chi connectivity index (χ0n) is 18.4. The fourth-order valence-electron chi connectivity index (χ4n) is 4.45. The van der Waals surface area contributed by atoms with Crippen LogP contribution in [0.1, 0.15) is 23.1 Å². The average Bonchev–Trinajstić information content (AvgIpc) is 3.46. The predicted octanol–water partition coefficient (Wildman–Crippen LogP) is 3.75. The highest BCUT2D eigenvalue weighted by molar-refractivity contribution is 7.09. The molecule has 0 radical (unpaired) electrons. The van der Waals surface area contributed by atoms with Gasteiger partial charge in [-0.2, -0.15) is 0 Å². The number of urea groups is 1. The van der Waals surface area contributed by atoms with Gasteiger partial charge in [0.1, 0.15) is 23.7 Å². The van der Waals surface area contributed by atoms with E-state index in [9.17, 15) is 23.2 Å². The van der Waals surface area contributed by atoms with Crippen LogP contribution in [-0.2, 0) is 21.5 Å². The van der Waals surface area contributed by atoms with Crippen LogP contribution in [0.5, 0.6) is 0 Å². The summed E-state index contributed by atoms with van der Waals surface area (Å²) in [6.45, 7) is 3.20. The Morgan fingerprint density at radius 3 is 2.71 bits per heavy atom. The molecule has 3 aromatic rings. The molecule has 1 fully saturated rings. The average molecular weight is 483 g/mol. The lowest BCUT2D eigenvalue weighted by Gasteiger charge is -2.24. The van der Waals surface area contributed by atoms with Crippen molar-refractivity contribution in [2.24, 2.45) is 0 Å². The lowest BCUT2D eigenvalue weighted by atomic mass is 9.91. The molecule has 2 aromatic carbocycles. The first-order chi connectivity index (χ1) is 16.2. The van der Waals surface area contributed by atoms with Crippen LogP contribution in [0.4, 0.5) is 19.3 Å². The smallest absolute Gasteiger partial charge is 0.319 e. The van der Waals surface area contributed by atoms with Crippen LogP contribution in [0.3, 0.4) is 0 Å². The van der Waals surface area contributed by atoms with E-state index in [0.717, 1.165) is 44.5 Å². The first-order valence-corrected chi connectivity index (χ1v) is 11.5. The van der Waals surface area contributed by atoms with Crippen LogP contribution in [0.25, 0.3) is 11.3 Å². The first-order valence-electron chi connectivity index (χ1n) is 10.6. The summed E-state index contributed by atoms with van der Waals surface area (Å²) in [6.07, 6.45) is 0.636. The number of rotatable bonds is 4. The Morgan fingerprint density at radius 1 is 1.21 bits per heavy atom. The molecule has 4 amide bonds. The number of fused-ring (bicyclic) bond motifs is 1. The van der Waals surface area contributed by atoms with Crippen molar-refractivity contribution in [3.63, 3.8) is 0 Å². The molecule has 0 spiro atoms. The summed E-state index contributed by atoms with van der Waals surface area (Å²) in [4.78, 5) is 45.6. The highest BCUT2D eigenvalue weighted by Gasteiger charge is 2.51. The second kappa shape index (κ2) is 7.98. The number of nitrogens with one attached hydrogen (secondary N) is 1. The lowest BCUT2D eigenvalue weighted by Crippen LogP contribution is -2.44. The van der Waals surface area contributed by atoms with Gasteiger partial charge < -0.3 is 10.2 Å². The van der Waals surface area contributed by atoms with Crippen LogP contribution < -0.4 is 10.2 Å². The molecule has 3 heterocycles. The largest absolute Gasteiger partial charge is 0.325 e. The molecule has 7 nitrogen and oxygen atoms in total. The Bertz CT molecular complexity index is 1360. The highest BCUT2D eigenvalue weighted by atomic mass is 32.1. The van der Waals surface area contributed by atoms with E-state index in [2.05, 4.69) is 10.3 Å². The van der Waals surface area contributed by atoms with Crippen LogP contribution in [0.15, 0.2) is 41.8 Å². The molecule has 1 aromatic heterocycles. The van der Waals surface area contributed by atoms with E-state index in [1.165, 1.54) is 6.92 Å². The topological polar surface area (TPSA) is 82.6 Å². The summed E-state index contributed by atoms with van der Waals surface area (Å²) in [5, 5.41) is 5.39. The number of anilines is 1. The van der Waals surface area contributed by atoms with Crippen LogP contribution in [0, 0.1) is 18.6 Å². The van der Waals surface area contributed by atoms with Gasteiger partial charge in [-0.3, -0.25) is 14.5 Å². The quantitative estimate of drug-likeness (QED) is 0.575. The van der Waals surface area contributed by atoms with Crippen LogP contribution >= 0.6 is 11.3 Å². The summed E-state index contributed by atoms with van der Waals surface area (Å²) in [6, 6.07) is 7.70. The van der Waals surface area contributed by atoms with Crippen molar-refractivity contribution in [2.45, 2.75) is 25.8 Å². The number of carbonyl (C=O) groups excluding carboxylic acids is 3. The zero-order chi connectivity index (χ0) is 24.2. The molecule has 1 N–H and O–H groups in total. The van der Waals surface area contributed by atoms with Gasteiger partial charge in [-0.1, -0.05) is 12.1 Å². The summed E-state index contributed by atoms with van der Waals surface area (Å²) in [5.74, 6) is -2.95. The Balaban J connectivity index is 1.35. The van der Waals surface area contributed by atoms with Crippen LogP contribution in [0.2, 0.25) is 0 Å². The molecular formula is C24H20F2N4O3S. The van der Waals surface area contributed by atoms with Crippen molar-refractivity contribution in [1.82, 2.24) is 15.2 Å². The molecule has 34 heavy (non-hydrogen) atoms. The Kier molecular flexibility index (Phi) is 5.20. The third-order valence-electron chi connectivity index (χ3n) is 6.23. The van der Waals surface area contributed by atoms with Gasteiger partial charge in [-0.25, -0.2) is 18.6 Å². The van der Waals surface area contributed by atoms with Gasteiger partial charge in [0, 0.05) is 34.8 Å². The van der Waals surface area contributed by atoms with E-state index in [4.69, 9.17) is 0 Å². The van der Waals surface area contributed by atoms with Gasteiger partial charge in [0.2, 0.25) is 5.91 Å². The molecule has 0 aliphatic carbocycles. The molecule has 174 valence electrons. The monoisotopic (exact) mass is 482 g/mol. The van der Waals surface area contributed by atoms with Crippen molar-refractivity contribution >= 4 is 34.9 Å². The molecule has 0 saturated carbocycles. The second-order valence-electron chi connectivity index (χ2n) is 8.46. The number of aromatic nitrogens is 1. The summed E-state index contributed by atoms with van der Waals surface area (Å²) < 4.78 is 27.7. The SMILES string of the molecule is Cc1nc(-c2ccc3c(c2)CCN3C(=O)CN2C(=O)NC(C)(c3ccc(F)cc3F)C2=O)cs1. The Morgan fingerprint density at radius 2 is 2.00 bits per heavy atom. The number of halogens is 2. The van der Waals surface area contributed by atoms with Crippen molar-refractivity contribution < 1.29 is 23.2 Å². The van der Waals surface area contributed by atoms with Gasteiger partial charge in [0.15, 0.2) is 0 Å². The molecule has 1 unspecified atom stereocenters. The maximum atomic E-state index is 14.4. The van der Waals surface area contributed by atoms with E-state index in [-0.39, 0.29) is 5.56 Å². The zero-order valence-corrected chi connectivity index (χ0v) is 19.2. The number of hydrogen-bond acceptors (Lipinski definition) is 5. The normalized spacial score (nSPS) is 19.5.